The standard InChI is InChI=1S/C25H33NO6S/c1-16(23(27)25-13-17-9-18(14-25)11-19(10-17)15-25)32-24(28)20-5-6-21(31-2)22(12-20)33(29,30)26-7-3-4-8-26/h5-6,12,16-19H,3-4,7-11,13-15H2,1-2H3/t16-,17?,18?,19?,25?/m0/s1. The van der Waals surface area contributed by atoms with Crippen LogP contribution in [0.1, 0.15) is 68.6 Å². The maximum absolute atomic E-state index is 13.5. The molecule has 0 aromatic heterocycles. The van der Waals surface area contributed by atoms with Gasteiger partial charge < -0.3 is 9.47 Å². The summed E-state index contributed by atoms with van der Waals surface area (Å²) in [7, 11) is -2.37. The molecule has 1 aromatic carbocycles. The van der Waals surface area contributed by atoms with Gasteiger partial charge in [-0.2, -0.15) is 4.31 Å². The van der Waals surface area contributed by atoms with Gasteiger partial charge in [0, 0.05) is 18.5 Å². The van der Waals surface area contributed by atoms with Gasteiger partial charge in [-0.15, -0.1) is 0 Å². The highest BCUT2D eigenvalue weighted by molar-refractivity contribution is 7.89. The highest BCUT2D eigenvalue weighted by Gasteiger charge is 2.55. The molecule has 5 aliphatic rings. The van der Waals surface area contributed by atoms with Crippen LogP contribution in [0.2, 0.25) is 0 Å². The van der Waals surface area contributed by atoms with E-state index in [4.69, 9.17) is 9.47 Å². The number of carbonyl (C=O) groups excluding carboxylic acids is 2. The zero-order valence-corrected chi connectivity index (χ0v) is 20.2. The van der Waals surface area contributed by atoms with Crippen LogP contribution < -0.4 is 4.74 Å². The number of ether oxygens (including phenoxy) is 2. The minimum atomic E-state index is -3.78. The van der Waals surface area contributed by atoms with Crippen molar-refractivity contribution in [2.75, 3.05) is 20.2 Å². The number of Topliss-reactive ketones (excluding diaryl/α,β-unsaturated/α-hetero) is 1. The SMILES string of the molecule is COc1ccc(C(=O)O[C@@H](C)C(=O)C23CC4CC(CC(C4)C2)C3)cc1S(=O)(=O)N1CCCC1. The van der Waals surface area contributed by atoms with E-state index in [9.17, 15) is 18.0 Å². The van der Waals surface area contributed by atoms with Gasteiger partial charge in [-0.1, -0.05) is 0 Å². The van der Waals surface area contributed by atoms with E-state index in [0.717, 1.165) is 32.1 Å². The van der Waals surface area contributed by atoms with E-state index in [1.165, 1.54) is 48.9 Å². The second-order valence-electron chi connectivity index (χ2n) is 10.6. The summed E-state index contributed by atoms with van der Waals surface area (Å²) in [5.74, 6) is 1.43. The number of hydrogen-bond acceptors (Lipinski definition) is 6. The predicted molar refractivity (Wildman–Crippen MR) is 121 cm³/mol. The Labute approximate surface area is 195 Å². The lowest BCUT2D eigenvalue weighted by molar-refractivity contribution is -0.152. The Morgan fingerprint density at radius 2 is 1.61 bits per heavy atom. The van der Waals surface area contributed by atoms with Gasteiger partial charge >= 0.3 is 5.97 Å². The Hall–Kier alpha value is -1.93. The molecule has 0 amide bonds. The van der Waals surface area contributed by atoms with Gasteiger partial charge in [-0.05, 0) is 94.2 Å². The van der Waals surface area contributed by atoms with Gasteiger partial charge in [0.1, 0.15) is 10.6 Å². The van der Waals surface area contributed by atoms with E-state index in [1.807, 2.05) is 0 Å². The van der Waals surface area contributed by atoms with Crippen molar-refractivity contribution in [3.05, 3.63) is 23.8 Å². The normalized spacial score (nSPS) is 32.0. The van der Waals surface area contributed by atoms with Crippen LogP contribution in [-0.4, -0.2) is 50.8 Å². The number of benzene rings is 1. The fourth-order valence-corrected chi connectivity index (χ4v) is 8.90. The monoisotopic (exact) mass is 475 g/mol. The van der Waals surface area contributed by atoms with Crippen LogP contribution >= 0.6 is 0 Å². The molecule has 0 N–H and O–H groups in total. The lowest BCUT2D eigenvalue weighted by Gasteiger charge is -2.56. The van der Waals surface area contributed by atoms with Crippen molar-refractivity contribution >= 4 is 21.8 Å². The molecule has 4 saturated carbocycles. The molecular weight excluding hydrogens is 442 g/mol. The summed E-state index contributed by atoms with van der Waals surface area (Å²) in [6, 6.07) is 4.29. The third-order valence-corrected chi connectivity index (χ3v) is 10.2. The molecule has 4 aliphatic carbocycles. The average molecular weight is 476 g/mol. The second-order valence-corrected chi connectivity index (χ2v) is 12.5. The van der Waals surface area contributed by atoms with Gasteiger partial charge in [0.2, 0.25) is 10.0 Å². The van der Waals surface area contributed by atoms with Crippen molar-refractivity contribution in [1.82, 2.24) is 4.31 Å². The van der Waals surface area contributed by atoms with Crippen molar-refractivity contribution in [2.24, 2.45) is 23.2 Å². The first kappa shape index (κ1) is 22.8. The minimum absolute atomic E-state index is 0.0355. The predicted octanol–water partition coefficient (Wildman–Crippen LogP) is 3.81. The topological polar surface area (TPSA) is 90.0 Å². The van der Waals surface area contributed by atoms with Crippen LogP contribution in [0.4, 0.5) is 0 Å². The molecule has 1 saturated heterocycles. The molecule has 0 unspecified atom stereocenters. The van der Waals surface area contributed by atoms with Gasteiger partial charge in [0.25, 0.3) is 0 Å². The molecule has 33 heavy (non-hydrogen) atoms. The maximum atomic E-state index is 13.5. The Morgan fingerprint density at radius 1 is 1.03 bits per heavy atom. The first-order valence-electron chi connectivity index (χ1n) is 12.2. The molecule has 0 radical (unpaired) electrons. The number of ketones is 1. The van der Waals surface area contributed by atoms with Crippen LogP contribution in [0.3, 0.4) is 0 Å². The van der Waals surface area contributed by atoms with Crippen molar-refractivity contribution in [3.63, 3.8) is 0 Å². The first-order chi connectivity index (χ1) is 15.7. The highest BCUT2D eigenvalue weighted by Crippen LogP contribution is 2.60. The fraction of sp³-hybridized carbons (Fsp3) is 0.680. The molecule has 5 fully saturated rings. The smallest absolute Gasteiger partial charge is 0.338 e. The summed E-state index contributed by atoms with van der Waals surface area (Å²) in [4.78, 5) is 26.4. The van der Waals surface area contributed by atoms with Crippen LogP contribution in [-0.2, 0) is 19.6 Å². The number of carbonyl (C=O) groups is 2. The van der Waals surface area contributed by atoms with Crippen LogP contribution in [0.25, 0.3) is 0 Å². The number of nitrogens with zero attached hydrogens (tertiary/aromatic N) is 1. The van der Waals surface area contributed by atoms with Crippen LogP contribution in [0, 0.1) is 23.2 Å². The molecule has 6 rings (SSSR count). The molecule has 7 nitrogen and oxygen atoms in total. The van der Waals surface area contributed by atoms with E-state index in [2.05, 4.69) is 0 Å². The molecule has 8 heteroatoms. The Morgan fingerprint density at radius 3 is 2.15 bits per heavy atom. The summed E-state index contributed by atoms with van der Waals surface area (Å²) < 4.78 is 38.5. The number of sulfonamides is 1. The fourth-order valence-electron chi connectivity index (χ4n) is 7.20. The largest absolute Gasteiger partial charge is 0.495 e. The van der Waals surface area contributed by atoms with E-state index in [0.29, 0.717) is 30.8 Å². The average Bonchev–Trinajstić information content (AvgIpc) is 3.33. The molecule has 1 aliphatic heterocycles. The van der Waals surface area contributed by atoms with E-state index in [-0.39, 0.29) is 27.4 Å². The Bertz CT molecular complexity index is 1020. The van der Waals surface area contributed by atoms with Gasteiger partial charge in [0.15, 0.2) is 11.9 Å². The Kier molecular flexibility index (Phi) is 5.80. The van der Waals surface area contributed by atoms with Crippen molar-refractivity contribution in [1.29, 1.82) is 0 Å². The zero-order chi connectivity index (χ0) is 23.4. The van der Waals surface area contributed by atoms with Crippen molar-refractivity contribution < 1.29 is 27.5 Å². The molecule has 0 spiro atoms. The summed E-state index contributed by atoms with van der Waals surface area (Å²) in [6.45, 7) is 2.57. The zero-order valence-electron chi connectivity index (χ0n) is 19.4. The van der Waals surface area contributed by atoms with Gasteiger partial charge in [-0.25, -0.2) is 13.2 Å². The summed E-state index contributed by atoms with van der Waals surface area (Å²) >= 11 is 0. The number of esters is 1. The number of hydrogen-bond donors (Lipinski definition) is 0. The molecule has 180 valence electrons. The highest BCUT2D eigenvalue weighted by atomic mass is 32.2. The van der Waals surface area contributed by atoms with E-state index < -0.39 is 22.1 Å². The van der Waals surface area contributed by atoms with Gasteiger partial charge in [-0.3, -0.25) is 4.79 Å². The van der Waals surface area contributed by atoms with Gasteiger partial charge in [0.05, 0.1) is 12.7 Å². The number of rotatable bonds is 7. The van der Waals surface area contributed by atoms with Crippen LogP contribution in [0.5, 0.6) is 5.75 Å². The van der Waals surface area contributed by atoms with E-state index >= 15 is 0 Å². The third-order valence-electron chi connectivity index (χ3n) is 8.30. The van der Waals surface area contributed by atoms with Crippen molar-refractivity contribution in [2.45, 2.75) is 69.3 Å². The first-order valence-corrected chi connectivity index (χ1v) is 13.6. The Balaban J connectivity index is 1.34. The van der Waals surface area contributed by atoms with Crippen LogP contribution in [0.15, 0.2) is 23.1 Å². The van der Waals surface area contributed by atoms with E-state index in [1.54, 1.807) is 6.92 Å². The third kappa shape index (κ3) is 3.99. The second kappa shape index (κ2) is 8.38. The molecule has 1 heterocycles. The maximum Gasteiger partial charge on any atom is 0.338 e. The van der Waals surface area contributed by atoms with Crippen molar-refractivity contribution in [3.8, 4) is 5.75 Å². The molecule has 1 atom stereocenters. The molecule has 1 aromatic rings. The summed E-state index contributed by atoms with van der Waals surface area (Å²) in [5.41, 5.74) is -0.239. The minimum Gasteiger partial charge on any atom is -0.495 e. The quantitative estimate of drug-likeness (QED) is 0.557. The lowest BCUT2D eigenvalue weighted by Crippen LogP contribution is -2.52. The lowest BCUT2D eigenvalue weighted by atomic mass is 9.48. The molecule has 4 bridgehead atoms. The molecular formula is C25H33NO6S. The summed E-state index contributed by atoms with van der Waals surface area (Å²) in [6.07, 6.45) is 7.24. The number of methoxy groups -OCH3 is 1. The summed E-state index contributed by atoms with van der Waals surface area (Å²) in [5, 5.41) is 0.